The van der Waals surface area contributed by atoms with E-state index in [2.05, 4.69) is 15.1 Å². The van der Waals surface area contributed by atoms with Gasteiger partial charge in [0.1, 0.15) is 0 Å². The largest absolute Gasteiger partial charge is 0.374 e. The first-order valence-electron chi connectivity index (χ1n) is 7.25. The molecule has 1 aliphatic carbocycles. The Morgan fingerprint density at radius 2 is 2.10 bits per heavy atom. The summed E-state index contributed by atoms with van der Waals surface area (Å²) in [4.78, 5) is 14.6. The third-order valence-corrected chi connectivity index (χ3v) is 6.18. The number of hydrogen-bond donors (Lipinski definition) is 1. The predicted octanol–water partition coefficient (Wildman–Crippen LogP) is 2.39. The fourth-order valence-electron chi connectivity index (χ4n) is 3.42. The van der Waals surface area contributed by atoms with Crippen molar-refractivity contribution in [2.75, 3.05) is 18.0 Å². The molecule has 1 saturated heterocycles. The molecule has 2 unspecified atom stereocenters. The molecule has 2 fully saturated rings. The zero-order valence-electron chi connectivity index (χ0n) is 11.5. The van der Waals surface area contributed by atoms with Gasteiger partial charge in [-0.25, -0.2) is 0 Å². The predicted molar refractivity (Wildman–Crippen MR) is 81.7 cm³/mol. The van der Waals surface area contributed by atoms with Crippen molar-refractivity contribution in [1.29, 1.82) is 0 Å². The number of nitrogen functional groups attached to an aromatic ring is 1. The number of hydrogen-bond acceptors (Lipinski definition) is 6. The third-order valence-electron chi connectivity index (χ3n) is 4.30. The number of piperidine rings is 1. The van der Waals surface area contributed by atoms with Crippen LogP contribution in [0.25, 0.3) is 0 Å². The molecule has 7 heteroatoms. The summed E-state index contributed by atoms with van der Waals surface area (Å²) in [6, 6.07) is 0.491. The summed E-state index contributed by atoms with van der Waals surface area (Å²) in [5, 5.41) is 8.19. The highest BCUT2D eigenvalue weighted by Gasteiger charge is 2.35. The van der Waals surface area contributed by atoms with Crippen LogP contribution in [-0.4, -0.2) is 39.3 Å². The van der Waals surface area contributed by atoms with Crippen LogP contribution in [0.15, 0.2) is 4.34 Å². The van der Waals surface area contributed by atoms with Gasteiger partial charge in [-0.3, -0.25) is 4.79 Å². The van der Waals surface area contributed by atoms with E-state index in [1.54, 1.807) is 0 Å². The summed E-state index contributed by atoms with van der Waals surface area (Å²) in [6.45, 7) is 0.929. The second kappa shape index (κ2) is 6.30. The highest BCUT2D eigenvalue weighted by atomic mass is 32.2. The number of likely N-dealkylation sites (tertiary alicyclic amines) is 1. The fourth-order valence-corrected chi connectivity index (χ4v) is 4.94. The number of anilines is 1. The van der Waals surface area contributed by atoms with Gasteiger partial charge in [-0.15, -0.1) is 10.2 Å². The number of carbonyl (C=O) groups excluding carboxylic acids is 1. The Kier molecular flexibility index (Phi) is 4.45. The van der Waals surface area contributed by atoms with E-state index < -0.39 is 0 Å². The molecule has 2 atom stereocenters. The summed E-state index contributed by atoms with van der Waals surface area (Å²) in [5.74, 6) is 1.45. The molecule has 1 amide bonds. The Hall–Kier alpha value is -0.820. The molecule has 1 saturated carbocycles. The molecule has 1 aromatic heterocycles. The second-order valence-corrected chi connectivity index (χ2v) is 7.77. The van der Waals surface area contributed by atoms with Crippen molar-refractivity contribution in [2.45, 2.75) is 48.9 Å². The Balaban J connectivity index is 1.58. The number of carbonyl (C=O) groups is 1. The first-order valence-corrected chi connectivity index (χ1v) is 9.05. The molecule has 0 aromatic carbocycles. The van der Waals surface area contributed by atoms with Crippen molar-refractivity contribution in [3.05, 3.63) is 0 Å². The lowest BCUT2D eigenvalue weighted by Gasteiger charge is -2.44. The monoisotopic (exact) mass is 312 g/mol. The van der Waals surface area contributed by atoms with Crippen molar-refractivity contribution in [2.24, 2.45) is 5.92 Å². The smallest absolute Gasteiger partial charge is 0.233 e. The molecule has 1 aromatic rings. The van der Waals surface area contributed by atoms with Crippen LogP contribution >= 0.6 is 23.1 Å². The van der Waals surface area contributed by atoms with Crippen LogP contribution < -0.4 is 5.73 Å². The topological polar surface area (TPSA) is 72.1 Å². The van der Waals surface area contributed by atoms with E-state index in [1.165, 1.54) is 55.2 Å². The molecule has 0 spiro atoms. The third kappa shape index (κ3) is 3.09. The number of rotatable bonds is 3. The maximum absolute atomic E-state index is 12.5. The molecule has 2 aliphatic rings. The van der Waals surface area contributed by atoms with Gasteiger partial charge in [0.05, 0.1) is 5.75 Å². The highest BCUT2D eigenvalue weighted by molar-refractivity contribution is 8.01. The van der Waals surface area contributed by atoms with E-state index in [1.807, 2.05) is 0 Å². The molecule has 110 valence electrons. The quantitative estimate of drug-likeness (QED) is 0.868. The van der Waals surface area contributed by atoms with Crippen molar-refractivity contribution < 1.29 is 4.79 Å². The van der Waals surface area contributed by atoms with Crippen LogP contribution in [0.2, 0.25) is 0 Å². The molecule has 3 rings (SSSR count). The van der Waals surface area contributed by atoms with Gasteiger partial charge in [0.25, 0.3) is 0 Å². The summed E-state index contributed by atoms with van der Waals surface area (Å²) >= 11 is 2.80. The van der Waals surface area contributed by atoms with E-state index >= 15 is 0 Å². The lowest BCUT2D eigenvalue weighted by Crippen LogP contribution is -2.50. The highest BCUT2D eigenvalue weighted by Crippen LogP contribution is 2.35. The summed E-state index contributed by atoms with van der Waals surface area (Å²) < 4.78 is 0.785. The molecule has 2 heterocycles. The van der Waals surface area contributed by atoms with Crippen LogP contribution in [0.5, 0.6) is 0 Å². The van der Waals surface area contributed by atoms with Gasteiger partial charge in [0, 0.05) is 12.6 Å². The standard InChI is InChI=1S/C13H20N4OS2/c14-12-15-16-13(20-12)19-8-11(18)17-7-3-5-9-4-1-2-6-10(9)17/h9-10H,1-8H2,(H2,14,15). The normalized spacial score (nSPS) is 26.3. The average Bonchev–Trinajstić information content (AvgIpc) is 2.90. The summed E-state index contributed by atoms with van der Waals surface area (Å²) in [7, 11) is 0. The van der Waals surface area contributed by atoms with Gasteiger partial charge in [-0.05, 0) is 31.6 Å². The van der Waals surface area contributed by atoms with Crippen LogP contribution in [0.1, 0.15) is 38.5 Å². The lowest BCUT2D eigenvalue weighted by atomic mass is 9.78. The maximum Gasteiger partial charge on any atom is 0.233 e. The number of aromatic nitrogens is 2. The molecule has 5 nitrogen and oxygen atoms in total. The molecule has 0 radical (unpaired) electrons. The summed E-state index contributed by atoms with van der Waals surface area (Å²) in [5.41, 5.74) is 5.55. The van der Waals surface area contributed by atoms with Crippen LogP contribution in [0.3, 0.4) is 0 Å². The summed E-state index contributed by atoms with van der Waals surface area (Å²) in [6.07, 6.45) is 7.55. The average molecular weight is 312 g/mol. The Bertz CT molecular complexity index is 477. The molecular weight excluding hydrogens is 292 g/mol. The number of nitrogens with zero attached hydrogens (tertiary/aromatic N) is 3. The molecule has 0 bridgehead atoms. The Morgan fingerprint density at radius 1 is 1.30 bits per heavy atom. The van der Waals surface area contributed by atoms with Crippen molar-refractivity contribution in [3.8, 4) is 0 Å². The molecular formula is C13H20N4OS2. The van der Waals surface area contributed by atoms with Gasteiger partial charge >= 0.3 is 0 Å². The zero-order valence-corrected chi connectivity index (χ0v) is 13.1. The van der Waals surface area contributed by atoms with Gasteiger partial charge in [-0.2, -0.15) is 0 Å². The van der Waals surface area contributed by atoms with Gasteiger partial charge < -0.3 is 10.6 Å². The van der Waals surface area contributed by atoms with Crippen LogP contribution in [-0.2, 0) is 4.79 Å². The minimum absolute atomic E-state index is 0.250. The number of nitrogens with two attached hydrogens (primary N) is 1. The van der Waals surface area contributed by atoms with Crippen molar-refractivity contribution in [3.63, 3.8) is 0 Å². The van der Waals surface area contributed by atoms with Crippen molar-refractivity contribution >= 4 is 34.1 Å². The van der Waals surface area contributed by atoms with E-state index in [9.17, 15) is 4.79 Å². The van der Waals surface area contributed by atoms with E-state index in [-0.39, 0.29) is 5.91 Å². The second-order valence-electron chi connectivity index (χ2n) is 5.54. The van der Waals surface area contributed by atoms with Gasteiger partial charge in [-0.1, -0.05) is 35.9 Å². The van der Waals surface area contributed by atoms with E-state index in [4.69, 9.17) is 5.73 Å². The number of thioether (sulfide) groups is 1. The Labute approximate surface area is 127 Å². The molecule has 1 aliphatic heterocycles. The molecule has 20 heavy (non-hydrogen) atoms. The zero-order chi connectivity index (χ0) is 13.9. The van der Waals surface area contributed by atoms with E-state index in [0.29, 0.717) is 16.9 Å². The number of amides is 1. The van der Waals surface area contributed by atoms with Crippen LogP contribution in [0, 0.1) is 5.92 Å². The lowest BCUT2D eigenvalue weighted by molar-refractivity contribution is -0.134. The van der Waals surface area contributed by atoms with Crippen molar-refractivity contribution in [1.82, 2.24) is 15.1 Å². The minimum atomic E-state index is 0.250. The number of fused-ring (bicyclic) bond motifs is 1. The SMILES string of the molecule is Nc1nnc(SCC(=O)N2CCCC3CCCCC32)s1. The van der Waals surface area contributed by atoms with Crippen LogP contribution in [0.4, 0.5) is 5.13 Å². The first-order chi connectivity index (χ1) is 9.74. The fraction of sp³-hybridized carbons (Fsp3) is 0.769. The first kappa shape index (κ1) is 14.1. The van der Waals surface area contributed by atoms with Gasteiger partial charge in [0.2, 0.25) is 11.0 Å². The molecule has 2 N–H and O–H groups in total. The maximum atomic E-state index is 12.5. The Morgan fingerprint density at radius 3 is 2.90 bits per heavy atom. The minimum Gasteiger partial charge on any atom is -0.374 e. The van der Waals surface area contributed by atoms with Gasteiger partial charge in [0.15, 0.2) is 4.34 Å². The van der Waals surface area contributed by atoms with E-state index in [0.717, 1.165) is 23.2 Å².